The van der Waals surface area contributed by atoms with E-state index in [1.165, 1.54) is 327 Å². The Bertz CT molecular complexity index is 1640. The molecule has 6 N–H and O–H groups in total. The van der Waals surface area contributed by atoms with E-state index in [0.717, 1.165) is 57.8 Å². The minimum atomic E-state index is -1.57. The SMILES string of the molecule is CCCCCC/C=C\CCCCCCCC(=O)OCCCCCCCCCCCCCCCCCCCC/C=C\CCCCCCCCCCCCCCCCCCCC(=O)NC(COC1OC(CO)C(O)C(O)C1O)C(O)/C=C/CCCCCCCCCCCCC. The molecule has 7 atom stereocenters. The lowest BCUT2D eigenvalue weighted by atomic mass is 9.99. The predicted molar refractivity (Wildman–Crippen MR) is 394 cm³/mol. The summed E-state index contributed by atoms with van der Waals surface area (Å²) in [5, 5.41) is 54.6. The van der Waals surface area contributed by atoms with Crippen LogP contribution in [0.5, 0.6) is 0 Å². The molecule has 0 spiro atoms. The summed E-state index contributed by atoms with van der Waals surface area (Å²) >= 11 is 0. The third-order valence-electron chi connectivity index (χ3n) is 19.5. The molecule has 0 saturated carbocycles. The number of esters is 1. The van der Waals surface area contributed by atoms with Gasteiger partial charge in [0.1, 0.15) is 24.4 Å². The van der Waals surface area contributed by atoms with Gasteiger partial charge in [0.05, 0.1) is 32.0 Å². The van der Waals surface area contributed by atoms with Crippen LogP contribution in [0.4, 0.5) is 0 Å². The van der Waals surface area contributed by atoms with Gasteiger partial charge in [-0.1, -0.05) is 352 Å². The second-order valence-electron chi connectivity index (χ2n) is 28.5. The van der Waals surface area contributed by atoms with Crippen LogP contribution in [0.25, 0.3) is 0 Å². The number of rotatable bonds is 73. The van der Waals surface area contributed by atoms with E-state index < -0.39 is 49.5 Å². The highest BCUT2D eigenvalue weighted by atomic mass is 16.7. The number of aliphatic hydroxyl groups is 5. The molecule has 0 aliphatic carbocycles. The molecule has 0 aromatic rings. The molecule has 1 heterocycles. The molecule has 1 aliphatic rings. The molecule has 11 heteroatoms. The fraction of sp³-hybridized carbons (Fsp3) is 0.902. The molecule has 0 bridgehead atoms. The molecular weight excluding hydrogens is 1160 g/mol. The first-order chi connectivity index (χ1) is 45.7. The minimum Gasteiger partial charge on any atom is -0.466 e. The van der Waals surface area contributed by atoms with Crippen molar-refractivity contribution in [2.24, 2.45) is 0 Å². The lowest BCUT2D eigenvalue weighted by Gasteiger charge is -2.40. The quantitative estimate of drug-likeness (QED) is 0.0195. The van der Waals surface area contributed by atoms with Gasteiger partial charge in [-0.25, -0.2) is 0 Å². The Morgan fingerprint density at radius 2 is 0.688 bits per heavy atom. The number of carbonyl (C=O) groups excluding carboxylic acids is 2. The van der Waals surface area contributed by atoms with Crippen molar-refractivity contribution in [2.75, 3.05) is 19.8 Å². The van der Waals surface area contributed by atoms with E-state index in [0.29, 0.717) is 19.4 Å². The summed E-state index contributed by atoms with van der Waals surface area (Å²) in [6.07, 6.45) is 83.3. The Morgan fingerprint density at radius 3 is 1.04 bits per heavy atom. The fourth-order valence-corrected chi connectivity index (χ4v) is 13.1. The van der Waals surface area contributed by atoms with Crippen molar-refractivity contribution in [3.8, 4) is 0 Å². The van der Waals surface area contributed by atoms with E-state index in [9.17, 15) is 35.1 Å². The summed E-state index contributed by atoms with van der Waals surface area (Å²) in [5.41, 5.74) is 0. The number of allylic oxidation sites excluding steroid dienone is 5. The summed E-state index contributed by atoms with van der Waals surface area (Å²) in [5.74, 6) is -0.167. The fourth-order valence-electron chi connectivity index (χ4n) is 13.1. The number of hydrogen-bond donors (Lipinski definition) is 6. The second-order valence-corrected chi connectivity index (χ2v) is 28.5. The lowest BCUT2D eigenvalue weighted by molar-refractivity contribution is -0.302. The van der Waals surface area contributed by atoms with Crippen molar-refractivity contribution < 1.29 is 49.3 Å². The van der Waals surface area contributed by atoms with E-state index in [-0.39, 0.29) is 18.5 Å². The van der Waals surface area contributed by atoms with Crippen LogP contribution in [-0.4, -0.2) is 100 Å². The molecule has 1 rings (SSSR count). The van der Waals surface area contributed by atoms with Crippen LogP contribution in [0.1, 0.15) is 412 Å². The van der Waals surface area contributed by atoms with E-state index >= 15 is 0 Å². The molecule has 0 radical (unpaired) electrons. The zero-order valence-electron chi connectivity index (χ0n) is 61.2. The van der Waals surface area contributed by atoms with E-state index in [1.54, 1.807) is 6.08 Å². The molecular formula is C82H155NO10. The molecule has 93 heavy (non-hydrogen) atoms. The summed E-state index contributed by atoms with van der Waals surface area (Å²) in [6, 6.07) is -0.807. The number of unbranched alkanes of at least 4 members (excludes halogenated alkanes) is 55. The minimum absolute atomic E-state index is 0.00802. The molecule has 1 fully saturated rings. The van der Waals surface area contributed by atoms with Gasteiger partial charge in [-0.05, 0) is 83.5 Å². The van der Waals surface area contributed by atoms with Crippen molar-refractivity contribution in [1.29, 1.82) is 0 Å². The molecule has 0 aromatic carbocycles. The molecule has 1 amide bonds. The maximum Gasteiger partial charge on any atom is 0.305 e. The normalized spacial score (nSPS) is 17.6. The average Bonchev–Trinajstić information content (AvgIpc) is 0.985. The van der Waals surface area contributed by atoms with Gasteiger partial charge in [-0.2, -0.15) is 0 Å². The molecule has 11 nitrogen and oxygen atoms in total. The summed E-state index contributed by atoms with van der Waals surface area (Å²) in [4.78, 5) is 25.2. The highest BCUT2D eigenvalue weighted by Crippen LogP contribution is 2.24. The highest BCUT2D eigenvalue weighted by molar-refractivity contribution is 5.76. The Kier molecular flexibility index (Phi) is 68.0. The topological polar surface area (TPSA) is 175 Å². The van der Waals surface area contributed by atoms with Crippen LogP contribution in [0.3, 0.4) is 0 Å². The van der Waals surface area contributed by atoms with E-state index in [4.69, 9.17) is 14.2 Å². The van der Waals surface area contributed by atoms with Crippen LogP contribution in [0.15, 0.2) is 36.5 Å². The highest BCUT2D eigenvalue weighted by Gasteiger charge is 2.44. The van der Waals surface area contributed by atoms with Crippen LogP contribution < -0.4 is 5.32 Å². The number of nitrogens with one attached hydrogen (secondary N) is 1. The first kappa shape index (κ1) is 88.9. The third kappa shape index (κ3) is 59.6. The summed E-state index contributed by atoms with van der Waals surface area (Å²) in [7, 11) is 0. The van der Waals surface area contributed by atoms with Gasteiger partial charge in [0.2, 0.25) is 5.91 Å². The standard InChI is InChI=1S/C82H155NO10/c1-3-5-7-9-11-13-15-44-48-52-56-60-64-68-75(85)74(73-92-82-81(90)80(89)79(88)76(72-84)93-82)83-77(86)69-65-61-57-53-49-46-42-40-38-36-34-32-30-28-26-24-22-20-18-17-19-21-23-25-27-29-31-33-35-37-39-41-43-47-51-55-59-63-67-71-91-78(87)70-66-62-58-54-50-45-16-14-12-10-8-6-4-2/h14,16-18,64,68,74-76,79-82,84-85,88-90H,3-13,15,19-63,65-67,69-73H2,1-2H3,(H,83,86)/b16-14-,18-17-,68-64+. The predicted octanol–water partition coefficient (Wildman–Crippen LogP) is 22.1. The maximum absolute atomic E-state index is 13.1. The van der Waals surface area contributed by atoms with Crippen LogP contribution in [0, 0.1) is 0 Å². The van der Waals surface area contributed by atoms with Gasteiger partial charge in [-0.3, -0.25) is 9.59 Å². The van der Waals surface area contributed by atoms with Gasteiger partial charge in [0.25, 0.3) is 0 Å². The van der Waals surface area contributed by atoms with Crippen molar-refractivity contribution in [3.05, 3.63) is 36.5 Å². The van der Waals surface area contributed by atoms with Gasteiger partial charge < -0.3 is 45.1 Å². The van der Waals surface area contributed by atoms with Gasteiger partial charge in [0.15, 0.2) is 6.29 Å². The van der Waals surface area contributed by atoms with Gasteiger partial charge >= 0.3 is 5.97 Å². The van der Waals surface area contributed by atoms with Gasteiger partial charge in [-0.15, -0.1) is 0 Å². The zero-order chi connectivity index (χ0) is 67.2. The average molecular weight is 1320 g/mol. The molecule has 0 aromatic heterocycles. The van der Waals surface area contributed by atoms with Crippen LogP contribution >= 0.6 is 0 Å². The van der Waals surface area contributed by atoms with Crippen molar-refractivity contribution in [3.63, 3.8) is 0 Å². The van der Waals surface area contributed by atoms with Crippen molar-refractivity contribution in [1.82, 2.24) is 5.32 Å². The molecule has 1 saturated heterocycles. The summed E-state index contributed by atoms with van der Waals surface area (Å²) < 4.78 is 16.8. The Labute approximate surface area is 574 Å². The van der Waals surface area contributed by atoms with Gasteiger partial charge in [0, 0.05) is 12.8 Å². The molecule has 7 unspecified atom stereocenters. The number of hydrogen-bond acceptors (Lipinski definition) is 10. The third-order valence-corrected chi connectivity index (χ3v) is 19.5. The molecule has 548 valence electrons. The second kappa shape index (κ2) is 71.2. The largest absolute Gasteiger partial charge is 0.466 e. The number of aliphatic hydroxyl groups excluding tert-OH is 5. The summed E-state index contributed by atoms with van der Waals surface area (Å²) in [6.45, 7) is 4.38. The smallest absolute Gasteiger partial charge is 0.305 e. The Hall–Kier alpha value is -2.12. The van der Waals surface area contributed by atoms with Crippen LogP contribution in [-0.2, 0) is 23.8 Å². The lowest BCUT2D eigenvalue weighted by Crippen LogP contribution is -2.60. The first-order valence-corrected chi connectivity index (χ1v) is 40.8. The Morgan fingerprint density at radius 1 is 0.387 bits per heavy atom. The van der Waals surface area contributed by atoms with Crippen molar-refractivity contribution in [2.45, 2.75) is 455 Å². The maximum atomic E-state index is 13.1. The van der Waals surface area contributed by atoms with E-state index in [1.807, 2.05) is 6.08 Å². The van der Waals surface area contributed by atoms with Crippen LogP contribution in [0.2, 0.25) is 0 Å². The van der Waals surface area contributed by atoms with Crippen molar-refractivity contribution >= 4 is 11.9 Å². The molecule has 1 aliphatic heterocycles. The Balaban J connectivity index is 1.89. The monoisotopic (exact) mass is 1310 g/mol. The number of ether oxygens (including phenoxy) is 3. The first-order valence-electron chi connectivity index (χ1n) is 40.8. The number of carbonyl (C=O) groups is 2. The number of amides is 1. The zero-order valence-corrected chi connectivity index (χ0v) is 61.2. The van der Waals surface area contributed by atoms with E-state index in [2.05, 4.69) is 43.5 Å².